The van der Waals surface area contributed by atoms with E-state index in [1.165, 1.54) is 6.20 Å². The van der Waals surface area contributed by atoms with Crippen LogP contribution in [0.2, 0.25) is 0 Å². The maximum absolute atomic E-state index is 10.7. The van der Waals surface area contributed by atoms with Crippen molar-refractivity contribution in [1.29, 1.82) is 0 Å². The van der Waals surface area contributed by atoms with Gasteiger partial charge in [0.1, 0.15) is 0 Å². The molecule has 2 aromatic rings. The summed E-state index contributed by atoms with van der Waals surface area (Å²) in [4.78, 5) is 4.45. The molecule has 2 N–H and O–H groups in total. The summed E-state index contributed by atoms with van der Waals surface area (Å²) in [7, 11) is -4.09. The number of benzene rings is 1. The van der Waals surface area contributed by atoms with Crippen molar-refractivity contribution in [1.82, 2.24) is 4.98 Å². The molecule has 0 saturated heterocycles. The zero-order valence-electron chi connectivity index (χ0n) is 24.9. The topological polar surface area (TPSA) is 111 Å². The van der Waals surface area contributed by atoms with Crippen LogP contribution >= 0.6 is 0 Å². The molecule has 1 aromatic carbocycles. The number of alkyl halides is 3. The second-order valence-electron chi connectivity index (χ2n) is 8.54. The molecule has 11 heteroatoms. The third-order valence-corrected chi connectivity index (χ3v) is 3.76. The first-order valence-electron chi connectivity index (χ1n) is 11.8. The Hall–Kier alpha value is -1.36. The summed E-state index contributed by atoms with van der Waals surface area (Å²) in [5, 5.41) is 14.0. The second kappa shape index (κ2) is 16.4. The first kappa shape index (κ1) is 29.9. The van der Waals surface area contributed by atoms with Crippen LogP contribution in [-0.4, -0.2) is 47.9 Å². The van der Waals surface area contributed by atoms with E-state index in [4.69, 9.17) is 28.7 Å². The van der Waals surface area contributed by atoms with E-state index in [1.54, 1.807) is 12.1 Å². The quantitative estimate of drug-likeness (QED) is 0.265. The van der Waals surface area contributed by atoms with E-state index in [2.05, 4.69) is 11.1 Å². The third-order valence-electron chi connectivity index (χ3n) is 3.19. The molecule has 1 heterocycles. The number of aromatic nitrogens is 1. The molecular formula is C24H36F3IrNO5S-2. The maximum Gasteiger partial charge on any atom is 0.485 e. The monoisotopic (exact) mass is 704 g/mol. The van der Waals surface area contributed by atoms with Crippen molar-refractivity contribution in [2.75, 3.05) is 14.2 Å². The maximum atomic E-state index is 10.7. The summed E-state index contributed by atoms with van der Waals surface area (Å²) in [5.74, 6) is 0. The molecule has 35 heavy (non-hydrogen) atoms. The van der Waals surface area contributed by atoms with Gasteiger partial charge in [-0.25, -0.2) is 8.42 Å². The summed E-state index contributed by atoms with van der Waals surface area (Å²) in [6, 6.07) is 12.2. The fraction of sp³-hybridized carbons (Fsp3) is 0.542. The van der Waals surface area contributed by atoms with Gasteiger partial charge in [0.15, 0.2) is 10.1 Å². The largest absolute Gasteiger partial charge is 0.741 e. The van der Waals surface area contributed by atoms with Crippen LogP contribution in [0.1, 0.15) is 58.2 Å². The molecule has 0 spiro atoms. The van der Waals surface area contributed by atoms with E-state index >= 15 is 0 Å². The Labute approximate surface area is 226 Å². The van der Waals surface area contributed by atoms with Gasteiger partial charge in [-0.2, -0.15) is 13.2 Å². The molecule has 1 aromatic heterocycles. The zero-order chi connectivity index (χ0) is 31.0. The Morgan fingerprint density at radius 3 is 1.74 bits per heavy atom. The van der Waals surface area contributed by atoms with Crippen molar-refractivity contribution >= 4 is 10.1 Å². The summed E-state index contributed by atoms with van der Waals surface area (Å²) in [6.07, 6.45) is -1.96. The second-order valence-corrected chi connectivity index (χ2v) is 9.91. The standard InChI is InChI=1S/C21H28N.CHF3O3S.2CH4O.Ir/c1-20(2,3)13-17-12-19(16-10-8-7-9-11-16)22-15-18(17)14-21(4,5)6;2-1(3,4)8(5,6)7;2*1-2;/h7-10,12,15H,13-14H2,1-6H3;(H,5,6,7);2*2H,1H3;/q-1;;;;/p-1/i13D2,14D2;;;;. The molecule has 1 radical (unpaired) electrons. The van der Waals surface area contributed by atoms with Crippen LogP contribution in [0.4, 0.5) is 13.2 Å². The minimum Gasteiger partial charge on any atom is -0.741 e. The van der Waals surface area contributed by atoms with E-state index in [-0.39, 0.29) is 20.1 Å². The Morgan fingerprint density at radius 2 is 1.40 bits per heavy atom. The summed E-state index contributed by atoms with van der Waals surface area (Å²) >= 11 is 0. The van der Waals surface area contributed by atoms with E-state index in [1.807, 2.05) is 59.7 Å². The molecule has 0 aliphatic carbocycles. The summed E-state index contributed by atoms with van der Waals surface area (Å²) in [5.41, 5.74) is -5.01. The van der Waals surface area contributed by atoms with Crippen molar-refractivity contribution in [3.8, 4) is 11.3 Å². The molecule has 0 saturated carbocycles. The van der Waals surface area contributed by atoms with Crippen LogP contribution in [0, 0.1) is 16.9 Å². The van der Waals surface area contributed by atoms with Crippen molar-refractivity contribution in [2.45, 2.75) is 59.8 Å². The summed E-state index contributed by atoms with van der Waals surface area (Å²) < 4.78 is 93.8. The van der Waals surface area contributed by atoms with Gasteiger partial charge in [-0.05, 0) is 40.4 Å². The van der Waals surface area contributed by atoms with E-state index in [0.29, 0.717) is 16.8 Å². The Balaban J connectivity index is -0.000000848. The number of pyridine rings is 1. The van der Waals surface area contributed by atoms with Gasteiger partial charge in [-0.1, -0.05) is 47.6 Å². The van der Waals surface area contributed by atoms with Gasteiger partial charge < -0.3 is 19.7 Å². The van der Waals surface area contributed by atoms with Crippen molar-refractivity contribution in [3.05, 3.63) is 53.7 Å². The Kier molecular flexibility index (Phi) is 14.0. The smallest absolute Gasteiger partial charge is 0.485 e. The number of nitrogens with zero attached hydrogens (tertiary/aromatic N) is 1. The van der Waals surface area contributed by atoms with Gasteiger partial charge in [0.25, 0.3) is 0 Å². The molecule has 0 amide bonds. The molecule has 6 nitrogen and oxygen atoms in total. The van der Waals surface area contributed by atoms with Gasteiger partial charge in [0, 0.05) is 46.0 Å². The van der Waals surface area contributed by atoms with Crippen molar-refractivity contribution < 1.29 is 61.9 Å². The predicted molar refractivity (Wildman–Crippen MR) is 127 cm³/mol. The first-order valence-corrected chi connectivity index (χ1v) is 11.2. The molecule has 0 aliphatic rings. The fourth-order valence-corrected chi connectivity index (χ4v) is 2.17. The number of aliphatic hydroxyl groups is 2. The molecule has 0 bridgehead atoms. The Morgan fingerprint density at radius 1 is 0.971 bits per heavy atom. The van der Waals surface area contributed by atoms with Crippen LogP contribution in [-0.2, 0) is 43.0 Å². The van der Waals surface area contributed by atoms with Crippen molar-refractivity contribution in [2.24, 2.45) is 10.8 Å². The molecule has 2 rings (SSSR count). The SMILES string of the molecule is CO.CO.O=S(=O)([O-])C(F)(F)F.[2H]C([2H])(c1cnc(-c2[c-]cccc2)cc1C([2H])([2H])C(C)(C)C)C(C)(C)C.[Ir]. The average molecular weight is 704 g/mol. The minimum atomic E-state index is -6.09. The number of halogens is 3. The molecule has 0 aliphatic heterocycles. The van der Waals surface area contributed by atoms with Crippen molar-refractivity contribution in [3.63, 3.8) is 0 Å². The van der Waals surface area contributed by atoms with Gasteiger partial charge in [-0.3, -0.25) is 0 Å². The number of hydrogen-bond acceptors (Lipinski definition) is 6. The number of aliphatic hydroxyl groups excluding tert-OH is 2. The third kappa shape index (κ3) is 16.9. The van der Waals surface area contributed by atoms with Gasteiger partial charge in [0.2, 0.25) is 0 Å². The molecule has 0 atom stereocenters. The molecule has 0 unspecified atom stereocenters. The van der Waals surface area contributed by atoms with Crippen LogP contribution < -0.4 is 0 Å². The normalized spacial score (nSPS) is 13.9. The van der Waals surface area contributed by atoms with E-state index in [0.717, 1.165) is 19.8 Å². The first-order chi connectivity index (χ1) is 16.9. The fourth-order valence-electron chi connectivity index (χ4n) is 2.17. The zero-order valence-corrected chi connectivity index (χ0v) is 24.1. The van der Waals surface area contributed by atoms with Crippen LogP contribution in [0.15, 0.2) is 36.5 Å². The van der Waals surface area contributed by atoms with Crippen LogP contribution in [0.25, 0.3) is 11.3 Å². The van der Waals surface area contributed by atoms with E-state index < -0.39 is 39.2 Å². The Bertz CT molecular complexity index is 1110. The number of hydrogen-bond donors (Lipinski definition) is 2. The molecular weight excluding hydrogens is 664 g/mol. The predicted octanol–water partition coefficient (Wildman–Crippen LogP) is 4.99. The average Bonchev–Trinajstić information content (AvgIpc) is 2.79. The van der Waals surface area contributed by atoms with Gasteiger partial charge >= 0.3 is 5.51 Å². The van der Waals surface area contributed by atoms with Gasteiger partial charge in [0.05, 0.1) is 0 Å². The summed E-state index contributed by atoms with van der Waals surface area (Å²) in [6.45, 7) is 11.0. The molecule has 0 fully saturated rings. The van der Waals surface area contributed by atoms with E-state index in [9.17, 15) is 13.2 Å². The number of rotatable bonds is 3. The van der Waals surface area contributed by atoms with Crippen LogP contribution in [0.3, 0.4) is 0 Å². The minimum absolute atomic E-state index is 0. The van der Waals surface area contributed by atoms with Gasteiger partial charge in [-0.15, -0.1) is 35.9 Å². The van der Waals surface area contributed by atoms with Crippen LogP contribution in [0.5, 0.6) is 0 Å². The molecule has 205 valence electrons.